The molecule has 1 aliphatic carbocycles. The molecule has 2 heteroatoms. The number of nitrogens with one attached hydrogen (secondary N) is 1. The Balaban J connectivity index is 1.90. The van der Waals surface area contributed by atoms with Gasteiger partial charge in [-0.1, -0.05) is 0 Å². The van der Waals surface area contributed by atoms with Gasteiger partial charge in [-0.05, 0) is 56.5 Å². The molecule has 1 saturated carbocycles. The fourth-order valence-corrected chi connectivity index (χ4v) is 2.69. The van der Waals surface area contributed by atoms with E-state index in [0.29, 0.717) is 5.54 Å². The molecule has 0 aliphatic heterocycles. The van der Waals surface area contributed by atoms with Gasteiger partial charge in [-0.25, -0.2) is 0 Å². The number of rotatable bonds is 4. The van der Waals surface area contributed by atoms with E-state index in [1.54, 1.807) is 0 Å². The van der Waals surface area contributed by atoms with Crippen LogP contribution in [0, 0.1) is 12.8 Å². The third-order valence-electron chi connectivity index (χ3n) is 3.27. The summed E-state index contributed by atoms with van der Waals surface area (Å²) in [5, 5.41) is 5.85. The maximum atomic E-state index is 3.67. The van der Waals surface area contributed by atoms with E-state index in [4.69, 9.17) is 0 Å². The van der Waals surface area contributed by atoms with E-state index >= 15 is 0 Å². The normalized spacial score (nSPS) is 17.4. The third-order valence-corrected chi connectivity index (χ3v) is 4.29. The Morgan fingerprint density at radius 1 is 1.50 bits per heavy atom. The minimum absolute atomic E-state index is 0.330. The standard InChI is InChI=1S/C12H19NS/c1-9-6-7-14-11(9)8-13-12(2,3)10-4-5-10/h6-7,10,13H,4-5,8H2,1-3H3. The molecule has 0 radical (unpaired) electrons. The molecule has 1 fully saturated rings. The van der Waals surface area contributed by atoms with E-state index in [1.807, 2.05) is 11.3 Å². The molecule has 2 rings (SSSR count). The van der Waals surface area contributed by atoms with Gasteiger partial charge in [0.05, 0.1) is 0 Å². The molecule has 0 unspecified atom stereocenters. The number of hydrogen-bond acceptors (Lipinski definition) is 2. The van der Waals surface area contributed by atoms with Crippen LogP contribution in [0.1, 0.15) is 37.1 Å². The Morgan fingerprint density at radius 3 is 2.71 bits per heavy atom. The Morgan fingerprint density at radius 2 is 2.21 bits per heavy atom. The second-order valence-corrected chi connectivity index (χ2v) is 5.88. The van der Waals surface area contributed by atoms with Crippen LogP contribution in [0.5, 0.6) is 0 Å². The summed E-state index contributed by atoms with van der Waals surface area (Å²) in [6.45, 7) is 7.88. The van der Waals surface area contributed by atoms with E-state index in [0.717, 1.165) is 12.5 Å². The molecule has 14 heavy (non-hydrogen) atoms. The van der Waals surface area contributed by atoms with Crippen molar-refractivity contribution in [1.29, 1.82) is 0 Å². The largest absolute Gasteiger partial charge is 0.307 e. The summed E-state index contributed by atoms with van der Waals surface area (Å²) in [4.78, 5) is 1.48. The van der Waals surface area contributed by atoms with Gasteiger partial charge in [0.25, 0.3) is 0 Å². The zero-order valence-corrected chi connectivity index (χ0v) is 10.1. The highest BCUT2D eigenvalue weighted by Crippen LogP contribution is 2.39. The van der Waals surface area contributed by atoms with E-state index < -0.39 is 0 Å². The molecule has 0 spiro atoms. The monoisotopic (exact) mass is 209 g/mol. The zero-order chi connectivity index (χ0) is 10.2. The van der Waals surface area contributed by atoms with Crippen LogP contribution in [0.2, 0.25) is 0 Å². The van der Waals surface area contributed by atoms with Crippen molar-refractivity contribution in [3.63, 3.8) is 0 Å². The summed E-state index contributed by atoms with van der Waals surface area (Å²) >= 11 is 1.86. The van der Waals surface area contributed by atoms with Crippen LogP contribution >= 0.6 is 11.3 Å². The average molecular weight is 209 g/mol. The SMILES string of the molecule is Cc1ccsc1CNC(C)(C)C1CC1. The van der Waals surface area contributed by atoms with E-state index in [-0.39, 0.29) is 0 Å². The van der Waals surface area contributed by atoms with Gasteiger partial charge >= 0.3 is 0 Å². The summed E-state index contributed by atoms with van der Waals surface area (Å²) < 4.78 is 0. The lowest BCUT2D eigenvalue weighted by molar-refractivity contribution is 0.340. The molecular weight excluding hydrogens is 190 g/mol. The topological polar surface area (TPSA) is 12.0 Å². The van der Waals surface area contributed by atoms with Crippen LogP contribution in [0.25, 0.3) is 0 Å². The molecule has 1 N–H and O–H groups in total. The summed E-state index contributed by atoms with van der Waals surface area (Å²) in [5.41, 5.74) is 1.75. The van der Waals surface area contributed by atoms with Gasteiger partial charge in [0, 0.05) is 17.0 Å². The van der Waals surface area contributed by atoms with Gasteiger partial charge in [0.15, 0.2) is 0 Å². The summed E-state index contributed by atoms with van der Waals surface area (Å²) in [7, 11) is 0. The maximum Gasteiger partial charge on any atom is 0.0307 e. The number of hydrogen-bond donors (Lipinski definition) is 1. The predicted molar refractivity (Wildman–Crippen MR) is 62.7 cm³/mol. The minimum atomic E-state index is 0.330. The lowest BCUT2D eigenvalue weighted by Crippen LogP contribution is -2.40. The first kappa shape index (κ1) is 10.2. The molecular formula is C12H19NS. The van der Waals surface area contributed by atoms with Gasteiger partial charge in [0.1, 0.15) is 0 Å². The highest BCUT2D eigenvalue weighted by Gasteiger charge is 2.37. The second-order valence-electron chi connectivity index (χ2n) is 4.88. The molecule has 0 amide bonds. The first-order valence-corrected chi connectivity index (χ1v) is 6.25. The van der Waals surface area contributed by atoms with Crippen LogP contribution in [0.3, 0.4) is 0 Å². The zero-order valence-electron chi connectivity index (χ0n) is 9.26. The molecule has 1 aliphatic rings. The van der Waals surface area contributed by atoms with Crippen LogP contribution in [-0.2, 0) is 6.54 Å². The fraction of sp³-hybridized carbons (Fsp3) is 0.667. The van der Waals surface area contributed by atoms with Gasteiger partial charge in [-0.2, -0.15) is 0 Å². The molecule has 1 nitrogen and oxygen atoms in total. The van der Waals surface area contributed by atoms with Crippen LogP contribution in [-0.4, -0.2) is 5.54 Å². The lowest BCUT2D eigenvalue weighted by Gasteiger charge is -2.26. The van der Waals surface area contributed by atoms with Gasteiger partial charge < -0.3 is 5.32 Å². The molecule has 1 aromatic rings. The van der Waals surface area contributed by atoms with Gasteiger partial charge in [-0.15, -0.1) is 11.3 Å². The van der Waals surface area contributed by atoms with Crippen molar-refractivity contribution in [3.8, 4) is 0 Å². The van der Waals surface area contributed by atoms with Crippen molar-refractivity contribution in [1.82, 2.24) is 5.32 Å². The summed E-state index contributed by atoms with van der Waals surface area (Å²) in [6, 6.07) is 2.20. The van der Waals surface area contributed by atoms with E-state index in [1.165, 1.54) is 23.3 Å². The molecule has 0 aromatic carbocycles. The number of thiophene rings is 1. The Hall–Kier alpha value is -0.340. The third kappa shape index (κ3) is 2.18. The molecule has 78 valence electrons. The van der Waals surface area contributed by atoms with Crippen molar-refractivity contribution in [3.05, 3.63) is 21.9 Å². The molecule has 1 aromatic heterocycles. The Labute approximate surface area is 90.5 Å². The Kier molecular flexibility index (Phi) is 2.67. The van der Waals surface area contributed by atoms with Gasteiger partial charge in [-0.3, -0.25) is 0 Å². The molecule has 1 heterocycles. The predicted octanol–water partition coefficient (Wildman–Crippen LogP) is 3.33. The van der Waals surface area contributed by atoms with E-state index in [9.17, 15) is 0 Å². The average Bonchev–Trinajstić information content (AvgIpc) is 2.89. The second kappa shape index (κ2) is 3.67. The first-order chi connectivity index (χ1) is 6.59. The Bertz CT molecular complexity index is 310. The number of aryl methyl sites for hydroxylation is 1. The maximum absolute atomic E-state index is 3.67. The van der Waals surface area contributed by atoms with Crippen LogP contribution in [0.15, 0.2) is 11.4 Å². The van der Waals surface area contributed by atoms with Crippen LogP contribution < -0.4 is 5.32 Å². The van der Waals surface area contributed by atoms with Gasteiger partial charge in [0.2, 0.25) is 0 Å². The molecule has 0 atom stereocenters. The first-order valence-electron chi connectivity index (χ1n) is 5.37. The smallest absolute Gasteiger partial charge is 0.0307 e. The summed E-state index contributed by atoms with van der Waals surface area (Å²) in [5.74, 6) is 0.905. The highest BCUT2D eigenvalue weighted by atomic mass is 32.1. The molecule has 0 saturated heterocycles. The van der Waals surface area contributed by atoms with Crippen molar-refractivity contribution in [2.24, 2.45) is 5.92 Å². The van der Waals surface area contributed by atoms with Crippen molar-refractivity contribution in [2.45, 2.75) is 45.7 Å². The van der Waals surface area contributed by atoms with Crippen molar-refractivity contribution >= 4 is 11.3 Å². The van der Waals surface area contributed by atoms with Crippen molar-refractivity contribution in [2.75, 3.05) is 0 Å². The highest BCUT2D eigenvalue weighted by molar-refractivity contribution is 7.10. The van der Waals surface area contributed by atoms with E-state index in [2.05, 4.69) is 37.5 Å². The summed E-state index contributed by atoms with van der Waals surface area (Å²) in [6.07, 6.45) is 2.81. The quantitative estimate of drug-likeness (QED) is 0.802. The van der Waals surface area contributed by atoms with Crippen molar-refractivity contribution < 1.29 is 0 Å². The minimum Gasteiger partial charge on any atom is -0.307 e. The lowest BCUT2D eigenvalue weighted by atomic mass is 9.99. The molecule has 0 bridgehead atoms. The fourth-order valence-electron chi connectivity index (χ4n) is 1.84. The van der Waals surface area contributed by atoms with Crippen LogP contribution in [0.4, 0.5) is 0 Å².